The van der Waals surface area contributed by atoms with Crippen LogP contribution in [0.15, 0.2) is 48.5 Å². The fourth-order valence-electron chi connectivity index (χ4n) is 4.25. The number of amides is 1. The third kappa shape index (κ3) is 3.41. The van der Waals surface area contributed by atoms with Crippen molar-refractivity contribution in [2.75, 3.05) is 18.0 Å². The SMILES string of the molecule is CC1CCN(Cc2ccc(C(=O)N3c4ccccc4C[C@@H]3C)cc2)CC1. The Morgan fingerprint density at radius 3 is 2.42 bits per heavy atom. The molecule has 0 unspecified atom stereocenters. The number of hydrogen-bond acceptors (Lipinski definition) is 2. The topological polar surface area (TPSA) is 23.6 Å². The van der Waals surface area contributed by atoms with Crippen molar-refractivity contribution < 1.29 is 4.79 Å². The lowest BCUT2D eigenvalue weighted by molar-refractivity contribution is 0.0981. The van der Waals surface area contributed by atoms with E-state index in [4.69, 9.17) is 0 Å². The van der Waals surface area contributed by atoms with Crippen LogP contribution in [0.4, 0.5) is 5.69 Å². The third-order valence-electron chi connectivity index (χ3n) is 5.91. The maximum atomic E-state index is 13.1. The van der Waals surface area contributed by atoms with Gasteiger partial charge >= 0.3 is 0 Å². The molecule has 0 spiro atoms. The summed E-state index contributed by atoms with van der Waals surface area (Å²) in [5.74, 6) is 0.970. The summed E-state index contributed by atoms with van der Waals surface area (Å²) in [7, 11) is 0. The van der Waals surface area contributed by atoms with Gasteiger partial charge in [-0.2, -0.15) is 0 Å². The monoisotopic (exact) mass is 348 g/mol. The number of carbonyl (C=O) groups is 1. The zero-order valence-corrected chi connectivity index (χ0v) is 15.8. The molecule has 2 aliphatic heterocycles. The van der Waals surface area contributed by atoms with Crippen LogP contribution in [0.25, 0.3) is 0 Å². The second-order valence-electron chi connectivity index (χ2n) is 8.01. The van der Waals surface area contributed by atoms with Crippen molar-refractivity contribution in [2.24, 2.45) is 5.92 Å². The number of fused-ring (bicyclic) bond motifs is 1. The van der Waals surface area contributed by atoms with Gasteiger partial charge in [0.05, 0.1) is 0 Å². The van der Waals surface area contributed by atoms with Gasteiger partial charge in [0.25, 0.3) is 5.91 Å². The van der Waals surface area contributed by atoms with Crippen LogP contribution in [0.5, 0.6) is 0 Å². The average molecular weight is 348 g/mol. The van der Waals surface area contributed by atoms with Gasteiger partial charge in [0.1, 0.15) is 0 Å². The third-order valence-corrected chi connectivity index (χ3v) is 5.91. The Bertz CT molecular complexity index is 775. The summed E-state index contributed by atoms with van der Waals surface area (Å²) in [4.78, 5) is 17.6. The van der Waals surface area contributed by atoms with E-state index in [9.17, 15) is 4.79 Å². The predicted molar refractivity (Wildman–Crippen MR) is 107 cm³/mol. The van der Waals surface area contributed by atoms with Crippen molar-refractivity contribution in [2.45, 2.75) is 45.7 Å². The molecule has 3 heteroatoms. The van der Waals surface area contributed by atoms with E-state index >= 15 is 0 Å². The maximum absolute atomic E-state index is 13.1. The van der Waals surface area contributed by atoms with Gasteiger partial charge in [0.15, 0.2) is 0 Å². The first-order valence-electron chi connectivity index (χ1n) is 9.84. The Balaban J connectivity index is 1.46. The summed E-state index contributed by atoms with van der Waals surface area (Å²) in [6.45, 7) is 7.83. The molecule has 2 aromatic rings. The lowest BCUT2D eigenvalue weighted by atomic mass is 9.99. The van der Waals surface area contributed by atoms with E-state index in [0.717, 1.165) is 30.1 Å². The molecule has 0 aromatic heterocycles. The van der Waals surface area contributed by atoms with Crippen LogP contribution >= 0.6 is 0 Å². The summed E-state index contributed by atoms with van der Waals surface area (Å²) < 4.78 is 0. The summed E-state index contributed by atoms with van der Waals surface area (Å²) in [6, 6.07) is 16.7. The molecule has 4 rings (SSSR count). The average Bonchev–Trinajstić information content (AvgIpc) is 2.99. The molecule has 26 heavy (non-hydrogen) atoms. The van der Waals surface area contributed by atoms with E-state index in [1.165, 1.54) is 37.1 Å². The van der Waals surface area contributed by atoms with Crippen molar-refractivity contribution in [3.8, 4) is 0 Å². The molecule has 0 saturated carbocycles. The number of benzene rings is 2. The number of likely N-dealkylation sites (tertiary alicyclic amines) is 1. The van der Waals surface area contributed by atoms with Gasteiger partial charge in [-0.25, -0.2) is 0 Å². The normalized spacial score (nSPS) is 21.0. The number of para-hydroxylation sites is 1. The van der Waals surface area contributed by atoms with Crippen LogP contribution in [0.1, 0.15) is 48.2 Å². The molecule has 3 nitrogen and oxygen atoms in total. The number of anilines is 1. The number of hydrogen-bond donors (Lipinski definition) is 0. The van der Waals surface area contributed by atoms with E-state index in [1.807, 2.05) is 23.1 Å². The molecule has 1 saturated heterocycles. The molecule has 2 aliphatic rings. The fraction of sp³-hybridized carbons (Fsp3) is 0.435. The van der Waals surface area contributed by atoms with Gasteiger partial charge in [-0.1, -0.05) is 37.3 Å². The van der Waals surface area contributed by atoms with Gasteiger partial charge in [0, 0.05) is 23.8 Å². The molecule has 1 fully saturated rings. The van der Waals surface area contributed by atoms with Crippen molar-refractivity contribution in [1.82, 2.24) is 4.90 Å². The Hall–Kier alpha value is -2.13. The molecule has 0 radical (unpaired) electrons. The first-order valence-corrected chi connectivity index (χ1v) is 9.84. The van der Waals surface area contributed by atoms with Crippen molar-refractivity contribution in [3.63, 3.8) is 0 Å². The summed E-state index contributed by atoms with van der Waals surface area (Å²) in [5, 5.41) is 0. The van der Waals surface area contributed by atoms with E-state index in [1.54, 1.807) is 0 Å². The van der Waals surface area contributed by atoms with Crippen LogP contribution in [0.2, 0.25) is 0 Å². The second kappa shape index (κ2) is 7.24. The smallest absolute Gasteiger partial charge is 0.258 e. The van der Waals surface area contributed by atoms with Crippen molar-refractivity contribution >= 4 is 11.6 Å². The van der Waals surface area contributed by atoms with Crippen LogP contribution < -0.4 is 4.90 Å². The first kappa shape index (κ1) is 17.3. The zero-order chi connectivity index (χ0) is 18.1. The molecule has 0 aliphatic carbocycles. The Labute approximate surface area is 156 Å². The Morgan fingerprint density at radius 2 is 1.69 bits per heavy atom. The lowest BCUT2D eigenvalue weighted by Crippen LogP contribution is -2.35. The van der Waals surface area contributed by atoms with Crippen molar-refractivity contribution in [1.29, 1.82) is 0 Å². The van der Waals surface area contributed by atoms with Crippen LogP contribution in [0, 0.1) is 5.92 Å². The minimum Gasteiger partial charge on any atom is -0.305 e. The highest BCUT2D eigenvalue weighted by Gasteiger charge is 2.31. The molecule has 1 amide bonds. The van der Waals surface area contributed by atoms with Gasteiger partial charge in [-0.3, -0.25) is 9.69 Å². The highest BCUT2D eigenvalue weighted by Crippen LogP contribution is 2.33. The highest BCUT2D eigenvalue weighted by atomic mass is 16.2. The Morgan fingerprint density at radius 1 is 1.00 bits per heavy atom. The van der Waals surface area contributed by atoms with Gasteiger partial charge < -0.3 is 4.90 Å². The van der Waals surface area contributed by atoms with E-state index in [-0.39, 0.29) is 11.9 Å². The molecular formula is C23H28N2O. The highest BCUT2D eigenvalue weighted by molar-refractivity contribution is 6.07. The molecular weight excluding hydrogens is 320 g/mol. The summed E-state index contributed by atoms with van der Waals surface area (Å²) in [5.41, 5.74) is 4.41. The number of carbonyl (C=O) groups excluding carboxylic acids is 1. The standard InChI is InChI=1S/C23H28N2O/c1-17-11-13-24(14-12-17)16-19-7-9-20(10-8-19)23(26)25-18(2)15-21-5-3-4-6-22(21)25/h3-10,17-18H,11-16H2,1-2H3/t18-/m0/s1. The summed E-state index contributed by atoms with van der Waals surface area (Å²) >= 11 is 0. The van der Waals surface area contributed by atoms with E-state index < -0.39 is 0 Å². The summed E-state index contributed by atoms with van der Waals surface area (Å²) in [6.07, 6.45) is 3.53. The first-order chi connectivity index (χ1) is 12.6. The number of rotatable bonds is 3. The Kier molecular flexibility index (Phi) is 4.82. The predicted octanol–water partition coefficient (Wildman–Crippen LogP) is 4.51. The number of nitrogens with zero attached hydrogens (tertiary/aromatic N) is 2. The quantitative estimate of drug-likeness (QED) is 0.815. The van der Waals surface area contributed by atoms with Crippen LogP contribution in [0.3, 0.4) is 0 Å². The van der Waals surface area contributed by atoms with Crippen LogP contribution in [-0.2, 0) is 13.0 Å². The fourth-order valence-corrected chi connectivity index (χ4v) is 4.25. The molecule has 2 aromatic carbocycles. The zero-order valence-electron chi connectivity index (χ0n) is 15.8. The molecule has 0 N–H and O–H groups in total. The molecule has 2 heterocycles. The molecule has 1 atom stereocenters. The number of piperidine rings is 1. The van der Waals surface area contributed by atoms with Gasteiger partial charge in [-0.15, -0.1) is 0 Å². The van der Waals surface area contributed by atoms with Gasteiger partial charge in [-0.05, 0) is 74.5 Å². The largest absolute Gasteiger partial charge is 0.305 e. The minimum absolute atomic E-state index is 0.112. The second-order valence-corrected chi connectivity index (χ2v) is 8.01. The van der Waals surface area contributed by atoms with E-state index in [2.05, 4.69) is 49.1 Å². The maximum Gasteiger partial charge on any atom is 0.258 e. The van der Waals surface area contributed by atoms with Gasteiger partial charge in [0.2, 0.25) is 0 Å². The molecule has 0 bridgehead atoms. The molecule has 136 valence electrons. The minimum atomic E-state index is 0.112. The lowest BCUT2D eigenvalue weighted by Gasteiger charge is -2.30. The van der Waals surface area contributed by atoms with Crippen molar-refractivity contribution in [3.05, 3.63) is 65.2 Å². The van der Waals surface area contributed by atoms with Crippen LogP contribution in [-0.4, -0.2) is 29.9 Å². The van der Waals surface area contributed by atoms with E-state index in [0.29, 0.717) is 0 Å².